The van der Waals surface area contributed by atoms with E-state index >= 15 is 0 Å². The number of benzene rings is 1. The highest BCUT2D eigenvalue weighted by Crippen LogP contribution is 2.33. The predicted octanol–water partition coefficient (Wildman–Crippen LogP) is 3.76. The third-order valence-electron chi connectivity index (χ3n) is 4.79. The van der Waals surface area contributed by atoms with Gasteiger partial charge in [-0.2, -0.15) is 0 Å². The number of fused-ring (bicyclic) bond motifs is 2. The van der Waals surface area contributed by atoms with Gasteiger partial charge in [0.1, 0.15) is 13.6 Å². The number of aliphatic imine (C=N–C) groups is 1. The van der Waals surface area contributed by atoms with Crippen molar-refractivity contribution in [1.82, 2.24) is 0 Å². The highest BCUT2D eigenvalue weighted by molar-refractivity contribution is 6.21. The Bertz CT molecular complexity index is 731. The van der Waals surface area contributed by atoms with Crippen molar-refractivity contribution in [3.8, 4) is 0 Å². The zero-order valence-corrected chi connectivity index (χ0v) is 14.6. The maximum Gasteiger partial charge on any atom is 0.200 e. The van der Waals surface area contributed by atoms with E-state index in [1.807, 2.05) is 0 Å². The third kappa shape index (κ3) is 3.00. The van der Waals surface area contributed by atoms with E-state index in [9.17, 15) is 0 Å². The second kappa shape index (κ2) is 6.53. The molecular weight excluding hydrogens is 282 g/mol. The monoisotopic (exact) mass is 308 g/mol. The molecule has 0 unspecified atom stereocenters. The molecule has 0 atom stereocenters. The molecular formula is C20H26N3+. The van der Waals surface area contributed by atoms with Gasteiger partial charge in [0.25, 0.3) is 0 Å². The second-order valence-electron chi connectivity index (χ2n) is 6.10. The van der Waals surface area contributed by atoms with Gasteiger partial charge in [0.15, 0.2) is 5.71 Å². The normalized spacial score (nSPS) is 17.9. The van der Waals surface area contributed by atoms with E-state index in [-0.39, 0.29) is 0 Å². The molecule has 120 valence electrons. The first-order valence-electron chi connectivity index (χ1n) is 8.59. The zero-order valence-electron chi connectivity index (χ0n) is 14.6. The summed E-state index contributed by atoms with van der Waals surface area (Å²) in [6, 6.07) is 6.67. The Kier molecular flexibility index (Phi) is 4.46. The Balaban J connectivity index is 1.98. The lowest BCUT2D eigenvalue weighted by atomic mass is 9.91. The van der Waals surface area contributed by atoms with Crippen LogP contribution in [0.3, 0.4) is 0 Å². The smallest absolute Gasteiger partial charge is 0.200 e. The van der Waals surface area contributed by atoms with Crippen molar-refractivity contribution in [2.24, 2.45) is 4.99 Å². The Morgan fingerprint density at radius 1 is 1.13 bits per heavy atom. The fraction of sp³-hybridized carbons (Fsp3) is 0.400. The molecule has 3 nitrogen and oxygen atoms in total. The molecule has 3 heteroatoms. The van der Waals surface area contributed by atoms with Crippen molar-refractivity contribution in [2.75, 3.05) is 31.6 Å². The Labute approximate surface area is 139 Å². The lowest BCUT2D eigenvalue weighted by molar-refractivity contribution is -0.491. The third-order valence-corrected chi connectivity index (χ3v) is 4.79. The van der Waals surface area contributed by atoms with Crippen molar-refractivity contribution in [2.45, 2.75) is 27.2 Å². The number of hydrogen-bond donors (Lipinski definition) is 0. The van der Waals surface area contributed by atoms with Gasteiger partial charge in [0.05, 0.1) is 11.4 Å². The van der Waals surface area contributed by atoms with Gasteiger partial charge >= 0.3 is 0 Å². The molecule has 0 radical (unpaired) electrons. The quantitative estimate of drug-likeness (QED) is 0.612. The summed E-state index contributed by atoms with van der Waals surface area (Å²) in [6.45, 7) is 9.67. The highest BCUT2D eigenvalue weighted by atomic mass is 15.1. The van der Waals surface area contributed by atoms with E-state index in [0.717, 1.165) is 37.5 Å². The van der Waals surface area contributed by atoms with Crippen LogP contribution in [0.4, 0.5) is 11.4 Å². The van der Waals surface area contributed by atoms with Gasteiger partial charge < -0.3 is 4.90 Å². The molecule has 0 spiro atoms. The Morgan fingerprint density at radius 2 is 1.91 bits per heavy atom. The fourth-order valence-electron chi connectivity index (χ4n) is 3.19. The standard InChI is InChI=1S/C20H26N3/c1-5-22(4)17-8-10-19-15(13-17)12-16-14-18(23(6-2)7-3)9-11-20(16)21-19/h8-11,13-14H,5-7,12H2,1-4H3/q+1. The molecule has 0 saturated heterocycles. The summed E-state index contributed by atoms with van der Waals surface area (Å²) in [7, 11) is 2.13. The van der Waals surface area contributed by atoms with Gasteiger partial charge in [0.2, 0.25) is 0 Å². The minimum absolute atomic E-state index is 0.967. The van der Waals surface area contributed by atoms with Crippen LogP contribution in [-0.4, -0.2) is 42.7 Å². The predicted molar refractivity (Wildman–Crippen MR) is 99.8 cm³/mol. The van der Waals surface area contributed by atoms with Gasteiger partial charge in [-0.15, -0.1) is 0 Å². The van der Waals surface area contributed by atoms with E-state index in [2.05, 4.69) is 73.7 Å². The molecule has 0 saturated carbocycles. The van der Waals surface area contributed by atoms with Crippen LogP contribution in [0.5, 0.6) is 0 Å². The summed E-state index contributed by atoms with van der Waals surface area (Å²) in [5.74, 6) is 0. The van der Waals surface area contributed by atoms with Crippen LogP contribution in [0.2, 0.25) is 0 Å². The Hall–Kier alpha value is -2.16. The van der Waals surface area contributed by atoms with Gasteiger partial charge in [-0.3, -0.25) is 0 Å². The molecule has 0 amide bonds. The van der Waals surface area contributed by atoms with E-state index in [4.69, 9.17) is 4.99 Å². The van der Waals surface area contributed by atoms with Crippen molar-refractivity contribution < 1.29 is 4.58 Å². The van der Waals surface area contributed by atoms with Crippen LogP contribution in [0.1, 0.15) is 26.3 Å². The average molecular weight is 308 g/mol. The maximum absolute atomic E-state index is 4.85. The largest absolute Gasteiger partial charge is 0.372 e. The maximum atomic E-state index is 4.85. The SMILES string of the molecule is CCN(CC)c1ccc2c(c1)CC1=CC(=[N+](C)CC)C=CC1=N2. The molecule has 1 aromatic carbocycles. The zero-order chi connectivity index (χ0) is 16.4. The number of anilines is 1. The lowest BCUT2D eigenvalue weighted by Gasteiger charge is -2.24. The van der Waals surface area contributed by atoms with Crippen molar-refractivity contribution >= 4 is 22.8 Å². The summed E-state index contributed by atoms with van der Waals surface area (Å²) in [5.41, 5.74) is 7.45. The number of nitrogens with zero attached hydrogens (tertiary/aromatic N) is 3. The van der Waals surface area contributed by atoms with E-state index in [1.54, 1.807) is 0 Å². The van der Waals surface area contributed by atoms with Crippen LogP contribution >= 0.6 is 0 Å². The molecule has 1 aromatic rings. The molecule has 1 aliphatic carbocycles. The fourth-order valence-corrected chi connectivity index (χ4v) is 3.19. The average Bonchev–Trinajstić information content (AvgIpc) is 2.59. The van der Waals surface area contributed by atoms with Crippen LogP contribution in [-0.2, 0) is 6.42 Å². The van der Waals surface area contributed by atoms with Gasteiger partial charge in [-0.25, -0.2) is 9.57 Å². The highest BCUT2D eigenvalue weighted by Gasteiger charge is 2.21. The van der Waals surface area contributed by atoms with E-state index < -0.39 is 0 Å². The molecule has 0 aromatic heterocycles. The first-order chi connectivity index (χ1) is 11.2. The number of hydrogen-bond acceptors (Lipinski definition) is 2. The van der Waals surface area contributed by atoms with E-state index in [0.29, 0.717) is 0 Å². The molecule has 1 heterocycles. The van der Waals surface area contributed by atoms with Gasteiger partial charge in [-0.05, 0) is 56.2 Å². The molecule has 0 fully saturated rings. The minimum Gasteiger partial charge on any atom is -0.372 e. The van der Waals surface area contributed by atoms with Crippen LogP contribution in [0, 0.1) is 0 Å². The summed E-state index contributed by atoms with van der Waals surface area (Å²) in [6.07, 6.45) is 7.57. The van der Waals surface area contributed by atoms with Crippen LogP contribution < -0.4 is 4.90 Å². The molecule has 1 aliphatic heterocycles. The molecule has 3 rings (SSSR count). The van der Waals surface area contributed by atoms with Crippen molar-refractivity contribution in [3.63, 3.8) is 0 Å². The summed E-state index contributed by atoms with van der Waals surface area (Å²) in [4.78, 5) is 7.24. The van der Waals surface area contributed by atoms with Crippen molar-refractivity contribution in [1.29, 1.82) is 0 Å². The summed E-state index contributed by atoms with van der Waals surface area (Å²) < 4.78 is 2.27. The number of allylic oxidation sites excluding steroid dienone is 4. The lowest BCUT2D eigenvalue weighted by Crippen LogP contribution is -2.22. The molecule has 0 bridgehead atoms. The first-order valence-corrected chi connectivity index (χ1v) is 8.59. The van der Waals surface area contributed by atoms with Gasteiger partial charge in [-0.1, -0.05) is 0 Å². The Morgan fingerprint density at radius 3 is 2.61 bits per heavy atom. The topological polar surface area (TPSA) is 18.6 Å². The number of rotatable bonds is 4. The molecule has 0 N–H and O–H groups in total. The summed E-state index contributed by atoms with van der Waals surface area (Å²) >= 11 is 0. The van der Waals surface area contributed by atoms with Crippen LogP contribution in [0.25, 0.3) is 0 Å². The van der Waals surface area contributed by atoms with Gasteiger partial charge in [0, 0.05) is 37.3 Å². The molecule has 2 aliphatic rings. The second-order valence-corrected chi connectivity index (χ2v) is 6.10. The first kappa shape index (κ1) is 15.7. The van der Waals surface area contributed by atoms with Crippen molar-refractivity contribution in [3.05, 3.63) is 47.6 Å². The summed E-state index contributed by atoms with van der Waals surface area (Å²) in [5, 5.41) is 0. The van der Waals surface area contributed by atoms with E-state index in [1.165, 1.54) is 22.5 Å². The molecule has 23 heavy (non-hydrogen) atoms. The van der Waals surface area contributed by atoms with Crippen LogP contribution in [0.15, 0.2) is 47.0 Å². The minimum atomic E-state index is 0.967.